The van der Waals surface area contributed by atoms with Crippen molar-refractivity contribution in [2.45, 2.75) is 6.92 Å². The first-order chi connectivity index (χ1) is 8.58. The molecule has 6 heteroatoms. The van der Waals surface area contributed by atoms with E-state index in [9.17, 15) is 4.39 Å². The lowest BCUT2D eigenvalue weighted by atomic mass is 10.2. The second-order valence-corrected chi connectivity index (χ2v) is 4.84. The maximum atomic E-state index is 12.9. The van der Waals surface area contributed by atoms with Crippen molar-refractivity contribution in [3.05, 3.63) is 40.4 Å². The Hall–Kier alpha value is -1.69. The molecule has 2 heterocycles. The van der Waals surface area contributed by atoms with Crippen LogP contribution in [0.25, 0.3) is 17.2 Å². The summed E-state index contributed by atoms with van der Waals surface area (Å²) in [4.78, 5) is 4.42. The van der Waals surface area contributed by atoms with E-state index in [-0.39, 0.29) is 5.82 Å². The minimum Gasteiger partial charge on any atom is -0.296 e. The van der Waals surface area contributed by atoms with E-state index >= 15 is 0 Å². The Balaban J connectivity index is 2.24. The second kappa shape index (κ2) is 3.91. The van der Waals surface area contributed by atoms with E-state index < -0.39 is 0 Å². The molecule has 0 fully saturated rings. The van der Waals surface area contributed by atoms with Crippen LogP contribution in [0.5, 0.6) is 0 Å². The average Bonchev–Trinajstić information content (AvgIpc) is 2.81. The summed E-state index contributed by atoms with van der Waals surface area (Å²) in [5.41, 5.74) is 1.74. The largest absolute Gasteiger partial charge is 0.296 e. The molecule has 2 aromatic heterocycles. The summed E-state index contributed by atoms with van der Waals surface area (Å²) in [6, 6.07) is 6.26. The number of rotatable bonds is 1. The molecular formula is C12H10BrFN4. The van der Waals surface area contributed by atoms with E-state index in [1.807, 2.05) is 18.5 Å². The van der Waals surface area contributed by atoms with Gasteiger partial charge >= 0.3 is 0 Å². The first-order valence-corrected chi connectivity index (χ1v) is 6.20. The van der Waals surface area contributed by atoms with Gasteiger partial charge in [0.05, 0.1) is 5.69 Å². The third kappa shape index (κ3) is 1.56. The van der Waals surface area contributed by atoms with Crippen LogP contribution in [0.15, 0.2) is 28.9 Å². The molecular weight excluding hydrogens is 299 g/mol. The fraction of sp³-hybridized carbons (Fsp3) is 0.167. The van der Waals surface area contributed by atoms with Gasteiger partial charge in [-0.15, -0.1) is 5.10 Å². The van der Waals surface area contributed by atoms with Gasteiger partial charge in [-0.2, -0.15) is 4.52 Å². The van der Waals surface area contributed by atoms with Crippen LogP contribution >= 0.6 is 15.9 Å². The maximum absolute atomic E-state index is 12.9. The van der Waals surface area contributed by atoms with Gasteiger partial charge in [-0.25, -0.2) is 9.37 Å². The highest BCUT2D eigenvalue weighted by Gasteiger charge is 2.15. The summed E-state index contributed by atoms with van der Waals surface area (Å²) in [5, 5.41) is 4.48. The summed E-state index contributed by atoms with van der Waals surface area (Å²) in [5.74, 6) is 1.24. The predicted molar refractivity (Wildman–Crippen MR) is 69.8 cm³/mol. The molecule has 0 radical (unpaired) electrons. The van der Waals surface area contributed by atoms with Crippen LogP contribution in [-0.4, -0.2) is 19.2 Å². The van der Waals surface area contributed by atoms with Gasteiger partial charge in [0.15, 0.2) is 5.82 Å². The molecule has 0 saturated carbocycles. The highest BCUT2D eigenvalue weighted by molar-refractivity contribution is 9.10. The van der Waals surface area contributed by atoms with Gasteiger partial charge in [0.1, 0.15) is 10.4 Å². The summed E-state index contributed by atoms with van der Waals surface area (Å²) in [6.45, 7) is 1.91. The molecule has 0 aliphatic carbocycles. The van der Waals surface area contributed by atoms with Crippen LogP contribution in [0.4, 0.5) is 4.39 Å². The Bertz CT molecular complexity index is 727. The van der Waals surface area contributed by atoms with Gasteiger partial charge in [0, 0.05) is 12.6 Å². The van der Waals surface area contributed by atoms with Crippen LogP contribution in [0, 0.1) is 12.7 Å². The van der Waals surface area contributed by atoms with Crippen molar-refractivity contribution in [3.63, 3.8) is 0 Å². The van der Waals surface area contributed by atoms with Crippen LogP contribution in [0.1, 0.15) is 5.69 Å². The monoisotopic (exact) mass is 308 g/mol. The molecule has 0 bridgehead atoms. The SMILES string of the molecule is Cc1nc2n(C)c(-c3ccc(F)cc3)nn2c1Br. The summed E-state index contributed by atoms with van der Waals surface area (Å²) in [6.07, 6.45) is 0. The van der Waals surface area contributed by atoms with E-state index in [1.165, 1.54) is 12.1 Å². The molecule has 92 valence electrons. The molecule has 0 saturated heterocycles. The fourth-order valence-corrected chi connectivity index (χ4v) is 2.22. The summed E-state index contributed by atoms with van der Waals surface area (Å²) >= 11 is 3.45. The van der Waals surface area contributed by atoms with Crippen molar-refractivity contribution >= 4 is 21.7 Å². The summed E-state index contributed by atoms with van der Waals surface area (Å²) in [7, 11) is 1.89. The van der Waals surface area contributed by atoms with Crippen LogP contribution < -0.4 is 0 Å². The van der Waals surface area contributed by atoms with Gasteiger partial charge in [-0.1, -0.05) is 0 Å². The van der Waals surface area contributed by atoms with Gasteiger partial charge < -0.3 is 0 Å². The number of fused-ring (bicyclic) bond motifs is 1. The standard InChI is InChI=1S/C12H10BrFN4/c1-7-10(13)18-12(15-7)17(2)11(16-18)8-3-5-9(14)6-4-8/h3-6H,1-2H3. The van der Waals surface area contributed by atoms with Crippen LogP contribution in [0.2, 0.25) is 0 Å². The van der Waals surface area contributed by atoms with Crippen molar-refractivity contribution in [1.82, 2.24) is 19.2 Å². The van der Waals surface area contributed by atoms with Gasteiger partial charge in [-0.3, -0.25) is 4.57 Å². The third-order valence-electron chi connectivity index (χ3n) is 2.86. The molecule has 0 aliphatic rings. The topological polar surface area (TPSA) is 35.1 Å². The molecule has 0 unspecified atom stereocenters. The van der Waals surface area contributed by atoms with E-state index in [1.54, 1.807) is 16.6 Å². The van der Waals surface area contributed by atoms with Crippen molar-refractivity contribution in [3.8, 4) is 11.4 Å². The molecule has 0 atom stereocenters. The van der Waals surface area contributed by atoms with E-state index in [4.69, 9.17) is 0 Å². The van der Waals surface area contributed by atoms with Gasteiger partial charge in [0.25, 0.3) is 0 Å². The third-order valence-corrected chi connectivity index (χ3v) is 3.77. The first kappa shape index (κ1) is 11.4. The zero-order chi connectivity index (χ0) is 12.9. The van der Waals surface area contributed by atoms with Crippen molar-refractivity contribution in [2.75, 3.05) is 0 Å². The molecule has 0 N–H and O–H groups in total. The first-order valence-electron chi connectivity index (χ1n) is 5.41. The molecule has 1 aromatic carbocycles. The lowest BCUT2D eigenvalue weighted by molar-refractivity contribution is 0.628. The Morgan fingerprint density at radius 2 is 1.89 bits per heavy atom. The number of hydrogen-bond acceptors (Lipinski definition) is 2. The van der Waals surface area contributed by atoms with Gasteiger partial charge in [-0.05, 0) is 47.1 Å². The molecule has 3 rings (SSSR count). The number of aromatic nitrogens is 4. The highest BCUT2D eigenvalue weighted by Crippen LogP contribution is 2.23. The molecule has 0 amide bonds. The predicted octanol–water partition coefficient (Wildman–Crippen LogP) is 2.94. The summed E-state index contributed by atoms with van der Waals surface area (Å²) < 4.78 is 17.4. The zero-order valence-corrected chi connectivity index (χ0v) is 11.4. The van der Waals surface area contributed by atoms with Crippen molar-refractivity contribution < 1.29 is 4.39 Å². The van der Waals surface area contributed by atoms with Crippen molar-refractivity contribution in [2.24, 2.45) is 7.05 Å². The smallest absolute Gasteiger partial charge is 0.233 e. The van der Waals surface area contributed by atoms with Crippen LogP contribution in [-0.2, 0) is 7.05 Å². The molecule has 18 heavy (non-hydrogen) atoms. The second-order valence-electron chi connectivity index (χ2n) is 4.09. The highest BCUT2D eigenvalue weighted by atomic mass is 79.9. The normalized spacial score (nSPS) is 11.3. The lowest BCUT2D eigenvalue weighted by Crippen LogP contribution is -1.93. The Kier molecular flexibility index (Phi) is 2.48. The molecule has 4 nitrogen and oxygen atoms in total. The number of imidazole rings is 1. The number of nitrogens with zero attached hydrogens (tertiary/aromatic N) is 4. The zero-order valence-electron chi connectivity index (χ0n) is 9.85. The van der Waals surface area contributed by atoms with Gasteiger partial charge in [0.2, 0.25) is 5.78 Å². The number of hydrogen-bond donors (Lipinski definition) is 0. The van der Waals surface area contributed by atoms with E-state index in [0.717, 1.165) is 27.5 Å². The fourth-order valence-electron chi connectivity index (χ4n) is 1.90. The minimum atomic E-state index is -0.255. The van der Waals surface area contributed by atoms with Crippen LogP contribution in [0.3, 0.4) is 0 Å². The molecule has 0 spiro atoms. The van der Waals surface area contributed by atoms with Crippen molar-refractivity contribution in [1.29, 1.82) is 0 Å². The Labute approximate surface area is 111 Å². The number of halogens is 2. The van der Waals surface area contributed by atoms with E-state index in [2.05, 4.69) is 26.0 Å². The Morgan fingerprint density at radius 3 is 2.50 bits per heavy atom. The Morgan fingerprint density at radius 1 is 1.22 bits per heavy atom. The average molecular weight is 309 g/mol. The van der Waals surface area contributed by atoms with E-state index in [0.29, 0.717) is 0 Å². The number of benzene rings is 1. The maximum Gasteiger partial charge on any atom is 0.233 e. The molecule has 0 aliphatic heterocycles. The quantitative estimate of drug-likeness (QED) is 0.693. The lowest BCUT2D eigenvalue weighted by Gasteiger charge is -2.00. The minimum absolute atomic E-state index is 0.255. The number of aryl methyl sites for hydroxylation is 2. The molecule has 3 aromatic rings.